The van der Waals surface area contributed by atoms with Crippen LogP contribution < -0.4 is 24.8 Å². The third kappa shape index (κ3) is 8.84. The molecule has 5 atom stereocenters. The van der Waals surface area contributed by atoms with E-state index in [9.17, 15) is 27.6 Å². The maximum atomic E-state index is 14.5. The van der Waals surface area contributed by atoms with E-state index < -0.39 is 68.6 Å². The van der Waals surface area contributed by atoms with Crippen molar-refractivity contribution in [3.05, 3.63) is 29.4 Å². The Balaban J connectivity index is 1.45. The molecule has 0 unspecified atom stereocenters. The third-order valence-corrected chi connectivity index (χ3v) is 11.5. The van der Waals surface area contributed by atoms with Gasteiger partial charge in [-0.05, 0) is 75.5 Å². The number of benzene rings is 1. The summed E-state index contributed by atoms with van der Waals surface area (Å²) in [6.07, 6.45) is 2.34. The highest BCUT2D eigenvalue weighted by Crippen LogP contribution is 2.47. The number of hydrogen-bond acceptors (Lipinski definition) is 10. The Hall–Kier alpha value is -3.85. The van der Waals surface area contributed by atoms with Crippen LogP contribution in [0.15, 0.2) is 24.4 Å². The maximum absolute atomic E-state index is 14.5. The summed E-state index contributed by atoms with van der Waals surface area (Å²) >= 11 is 6.57. The zero-order valence-corrected chi connectivity index (χ0v) is 32.6. The van der Waals surface area contributed by atoms with Gasteiger partial charge in [0.25, 0.3) is 5.91 Å². The number of pyridine rings is 1. The number of hydrogen-bond donors (Lipinski definition) is 3. The van der Waals surface area contributed by atoms with E-state index in [0.717, 1.165) is 12.8 Å². The first-order valence-electron chi connectivity index (χ1n) is 17.6. The smallest absolute Gasteiger partial charge is 0.408 e. The van der Waals surface area contributed by atoms with Crippen molar-refractivity contribution >= 4 is 56.2 Å². The van der Waals surface area contributed by atoms with Crippen LogP contribution in [-0.4, -0.2) is 90.9 Å². The van der Waals surface area contributed by atoms with E-state index in [1.165, 1.54) is 18.2 Å². The van der Waals surface area contributed by atoms with Crippen molar-refractivity contribution in [1.82, 2.24) is 25.2 Å². The minimum absolute atomic E-state index is 0.0112. The summed E-state index contributed by atoms with van der Waals surface area (Å²) in [5, 5.41) is 7.13. The predicted molar refractivity (Wildman–Crippen MR) is 194 cm³/mol. The number of nitrogens with zero attached hydrogens (tertiary/aromatic N) is 2. The quantitative estimate of drug-likeness (QED) is 0.282. The Labute approximate surface area is 310 Å². The Kier molecular flexibility index (Phi) is 11.0. The third-order valence-electron chi connectivity index (χ3n) is 9.68. The molecule has 5 rings (SSSR count). The normalized spacial score (nSPS) is 23.8. The van der Waals surface area contributed by atoms with Crippen LogP contribution in [0.3, 0.4) is 0 Å². The Morgan fingerprint density at radius 2 is 1.77 bits per heavy atom. The zero-order valence-electron chi connectivity index (χ0n) is 31.0. The van der Waals surface area contributed by atoms with Crippen LogP contribution in [0.2, 0.25) is 5.02 Å². The fourth-order valence-corrected chi connectivity index (χ4v) is 8.48. The topological polar surface area (TPSA) is 182 Å². The number of methoxy groups -OCH3 is 1. The van der Waals surface area contributed by atoms with E-state index in [-0.39, 0.29) is 42.9 Å². The van der Waals surface area contributed by atoms with E-state index in [4.69, 9.17) is 25.8 Å². The second-order valence-corrected chi connectivity index (χ2v) is 18.3. The summed E-state index contributed by atoms with van der Waals surface area (Å²) in [6.45, 7) is 12.3. The lowest BCUT2D eigenvalue weighted by Gasteiger charge is -2.36. The van der Waals surface area contributed by atoms with Gasteiger partial charge >= 0.3 is 6.09 Å². The van der Waals surface area contributed by atoms with Crippen LogP contribution in [0.5, 0.6) is 11.6 Å². The first-order chi connectivity index (χ1) is 24.2. The van der Waals surface area contributed by atoms with Gasteiger partial charge in [-0.1, -0.05) is 45.7 Å². The summed E-state index contributed by atoms with van der Waals surface area (Å²) in [5.41, 5.74) is -3.10. The van der Waals surface area contributed by atoms with E-state index in [0.29, 0.717) is 28.0 Å². The summed E-state index contributed by atoms with van der Waals surface area (Å²) in [7, 11) is -2.40. The summed E-state index contributed by atoms with van der Waals surface area (Å²) in [5.74, 6) is -1.73. The van der Waals surface area contributed by atoms with E-state index in [2.05, 4.69) is 20.3 Å². The first-order valence-corrected chi connectivity index (χ1v) is 19.7. The van der Waals surface area contributed by atoms with Gasteiger partial charge in [0.1, 0.15) is 35.1 Å². The minimum Gasteiger partial charge on any atom is -0.495 e. The number of carbonyl (C=O) groups is 4. The van der Waals surface area contributed by atoms with Gasteiger partial charge in [0.15, 0.2) is 0 Å². The van der Waals surface area contributed by atoms with Gasteiger partial charge in [0.05, 0.1) is 24.4 Å². The fourth-order valence-electron chi connectivity index (χ4n) is 6.68. The van der Waals surface area contributed by atoms with Crippen molar-refractivity contribution in [3.63, 3.8) is 0 Å². The van der Waals surface area contributed by atoms with Gasteiger partial charge < -0.3 is 29.7 Å². The number of rotatable bonds is 12. The number of ether oxygens (including phenoxy) is 3. The Morgan fingerprint density at radius 3 is 2.35 bits per heavy atom. The molecule has 1 aromatic heterocycles. The minimum atomic E-state index is -3.90. The summed E-state index contributed by atoms with van der Waals surface area (Å²) in [6, 6.07) is 2.90. The van der Waals surface area contributed by atoms with Gasteiger partial charge in [-0.25, -0.2) is 18.2 Å². The highest BCUT2D eigenvalue weighted by Gasteiger charge is 2.62. The maximum Gasteiger partial charge on any atom is 0.408 e. The molecule has 14 nitrogen and oxygen atoms in total. The number of fused-ring (bicyclic) bond motifs is 1. The van der Waals surface area contributed by atoms with Crippen molar-refractivity contribution < 1.29 is 41.8 Å². The zero-order chi connectivity index (χ0) is 38.4. The molecule has 0 radical (unpaired) electrons. The van der Waals surface area contributed by atoms with Crippen LogP contribution in [0.4, 0.5) is 4.79 Å². The second-order valence-electron chi connectivity index (χ2n) is 16.1. The molecule has 16 heteroatoms. The molecule has 3 aliphatic rings. The standard InChI is InChI=1S/C36H50ClN5O9S/c1-9-21-17-36(21,32(45)41-52(47,48)19-20-10-11-20)40-29(43)25-16-22(50-30-24-12-13-26(49-8)27(37)23(24)14-15-38-30)18-42(25)31(44)28(34(2,3)4)39-33(46)51-35(5,6)7/h12-15,20-22,25,28H,9-11,16-19H2,1-8H3,(H,39,46)(H,40,43)(H,41,45)/t21-,22-,25+,28-,36-/m1/s1. The first kappa shape index (κ1) is 39.4. The second kappa shape index (κ2) is 14.5. The number of nitrogens with one attached hydrogen (secondary N) is 3. The molecule has 1 aliphatic heterocycles. The lowest BCUT2D eigenvalue weighted by Crippen LogP contribution is -2.60. The molecule has 2 aliphatic carbocycles. The molecule has 52 heavy (non-hydrogen) atoms. The van der Waals surface area contributed by atoms with E-state index in [1.54, 1.807) is 59.7 Å². The number of aromatic nitrogens is 1. The highest BCUT2D eigenvalue weighted by atomic mass is 35.5. The lowest BCUT2D eigenvalue weighted by atomic mass is 9.85. The fraction of sp³-hybridized carbons (Fsp3) is 0.639. The van der Waals surface area contributed by atoms with Gasteiger partial charge in [-0.2, -0.15) is 0 Å². The molecule has 0 bridgehead atoms. The monoisotopic (exact) mass is 763 g/mol. The van der Waals surface area contributed by atoms with Gasteiger partial charge in [-0.15, -0.1) is 0 Å². The molecule has 2 heterocycles. The molecule has 0 spiro atoms. The number of halogens is 1. The largest absolute Gasteiger partial charge is 0.495 e. The Bertz CT molecular complexity index is 1840. The number of amides is 4. The van der Waals surface area contributed by atoms with Crippen molar-refractivity contribution in [2.75, 3.05) is 19.4 Å². The number of alkyl carbamates (subject to hydrolysis) is 1. The van der Waals surface area contributed by atoms with Crippen LogP contribution in [0, 0.1) is 17.3 Å². The van der Waals surface area contributed by atoms with Gasteiger partial charge in [0.2, 0.25) is 27.7 Å². The van der Waals surface area contributed by atoms with Gasteiger partial charge in [0, 0.05) is 23.4 Å². The lowest BCUT2D eigenvalue weighted by molar-refractivity contribution is -0.143. The van der Waals surface area contributed by atoms with Crippen LogP contribution in [0.1, 0.15) is 80.6 Å². The van der Waals surface area contributed by atoms with E-state index in [1.807, 2.05) is 6.92 Å². The van der Waals surface area contributed by atoms with Crippen molar-refractivity contribution in [2.24, 2.45) is 17.3 Å². The molecule has 2 aromatic rings. The molecule has 4 amide bonds. The highest BCUT2D eigenvalue weighted by molar-refractivity contribution is 7.90. The van der Waals surface area contributed by atoms with Crippen molar-refractivity contribution in [2.45, 2.75) is 110 Å². The molecular weight excluding hydrogens is 714 g/mol. The van der Waals surface area contributed by atoms with Crippen LogP contribution >= 0.6 is 11.6 Å². The average Bonchev–Trinajstić information content (AvgIpc) is 3.94. The molecule has 1 saturated heterocycles. The van der Waals surface area contributed by atoms with Crippen molar-refractivity contribution in [3.8, 4) is 11.6 Å². The molecule has 286 valence electrons. The molecule has 1 aromatic carbocycles. The molecule has 2 saturated carbocycles. The molecule has 3 N–H and O–H groups in total. The summed E-state index contributed by atoms with van der Waals surface area (Å²) in [4.78, 5) is 61.0. The SMILES string of the molecule is CC[C@@H]1C[C@]1(NC(=O)[C@@H]1C[C@@H](Oc2nccc3c(Cl)c(OC)ccc23)CN1C(=O)[C@@H](NC(=O)OC(C)(C)C)C(C)(C)C)C(=O)NS(=O)(=O)CC1CC1. The average molecular weight is 764 g/mol. The predicted octanol–water partition coefficient (Wildman–Crippen LogP) is 4.33. The Morgan fingerprint density at radius 1 is 1.08 bits per heavy atom. The van der Waals surface area contributed by atoms with Crippen LogP contribution in [0.25, 0.3) is 10.8 Å². The molecule has 3 fully saturated rings. The molecular formula is C36H50ClN5O9S. The number of sulfonamides is 1. The van der Waals surface area contributed by atoms with E-state index >= 15 is 0 Å². The number of carbonyl (C=O) groups excluding carboxylic acids is 4. The van der Waals surface area contributed by atoms with Gasteiger partial charge in [-0.3, -0.25) is 19.1 Å². The van der Waals surface area contributed by atoms with Crippen molar-refractivity contribution in [1.29, 1.82) is 0 Å². The summed E-state index contributed by atoms with van der Waals surface area (Å²) < 4.78 is 44.9. The number of likely N-dealkylation sites (tertiary alicyclic amines) is 1. The van der Waals surface area contributed by atoms with Crippen LogP contribution in [-0.2, 0) is 29.1 Å².